The first-order chi connectivity index (χ1) is 7.32. The van der Waals surface area contributed by atoms with Gasteiger partial charge in [-0.15, -0.1) is 12.4 Å². The van der Waals surface area contributed by atoms with E-state index in [2.05, 4.69) is 5.32 Å². The molecule has 1 spiro atoms. The maximum absolute atomic E-state index is 13.8. The molecular weight excluding hydrogens is 229 g/mol. The molecule has 0 amide bonds. The molecule has 1 aromatic rings. The molecule has 0 saturated carbocycles. The minimum atomic E-state index is -0.0700. The molecule has 16 heavy (non-hydrogen) atoms. The van der Waals surface area contributed by atoms with Gasteiger partial charge in [-0.2, -0.15) is 0 Å². The molecule has 88 valence electrons. The van der Waals surface area contributed by atoms with Crippen LogP contribution in [0.5, 0.6) is 0 Å². The highest BCUT2D eigenvalue weighted by Gasteiger charge is 2.42. The summed E-state index contributed by atoms with van der Waals surface area (Å²) < 4.78 is 19.2. The van der Waals surface area contributed by atoms with Gasteiger partial charge in [-0.25, -0.2) is 4.39 Å². The van der Waals surface area contributed by atoms with Gasteiger partial charge >= 0.3 is 0 Å². The van der Waals surface area contributed by atoms with Crippen LogP contribution in [-0.4, -0.2) is 19.8 Å². The Kier molecular flexibility index (Phi) is 3.08. The largest absolute Gasteiger partial charge is 0.384 e. The minimum absolute atomic E-state index is 0. The van der Waals surface area contributed by atoms with Crippen LogP contribution >= 0.6 is 12.4 Å². The molecule has 0 atom stereocenters. The topological polar surface area (TPSA) is 21.3 Å². The zero-order chi connectivity index (χ0) is 10.3. The van der Waals surface area contributed by atoms with E-state index >= 15 is 0 Å². The number of halogens is 2. The normalized spacial score (nSPS) is 21.1. The van der Waals surface area contributed by atoms with Gasteiger partial charge in [0.05, 0.1) is 0 Å². The second-order valence-electron chi connectivity index (χ2n) is 4.41. The van der Waals surface area contributed by atoms with Crippen LogP contribution in [0.25, 0.3) is 0 Å². The van der Waals surface area contributed by atoms with Gasteiger partial charge in [-0.1, -0.05) is 6.07 Å². The van der Waals surface area contributed by atoms with Crippen LogP contribution in [0.4, 0.5) is 10.1 Å². The Bertz CT molecular complexity index is 385. The Labute approximate surface area is 101 Å². The molecule has 0 bridgehead atoms. The number of benzene rings is 1. The zero-order valence-electron chi connectivity index (χ0n) is 8.96. The molecule has 1 aromatic carbocycles. The first-order valence-corrected chi connectivity index (χ1v) is 5.42. The Morgan fingerprint density at radius 1 is 1.25 bits per heavy atom. The quantitative estimate of drug-likeness (QED) is 0.757. The molecule has 2 aliphatic rings. The van der Waals surface area contributed by atoms with Crippen LogP contribution in [0.15, 0.2) is 18.2 Å². The lowest BCUT2D eigenvalue weighted by atomic mass is 9.75. The summed E-state index contributed by atoms with van der Waals surface area (Å²) in [5, 5.41) is 3.31. The van der Waals surface area contributed by atoms with Crippen molar-refractivity contribution in [2.45, 2.75) is 18.3 Å². The first kappa shape index (κ1) is 11.7. The van der Waals surface area contributed by atoms with Crippen LogP contribution < -0.4 is 5.32 Å². The summed E-state index contributed by atoms with van der Waals surface area (Å²) in [6, 6.07) is 5.28. The van der Waals surface area contributed by atoms with E-state index in [1.165, 1.54) is 0 Å². The van der Waals surface area contributed by atoms with Gasteiger partial charge < -0.3 is 10.1 Å². The minimum Gasteiger partial charge on any atom is -0.384 e. The third kappa shape index (κ3) is 1.59. The Hall–Kier alpha value is -0.800. The van der Waals surface area contributed by atoms with E-state index in [1.807, 2.05) is 6.07 Å². The fraction of sp³-hybridized carbons (Fsp3) is 0.500. The number of rotatable bonds is 0. The summed E-state index contributed by atoms with van der Waals surface area (Å²) in [6.45, 7) is 2.34. The average Bonchev–Trinajstić information content (AvgIpc) is 2.60. The Morgan fingerprint density at radius 3 is 2.75 bits per heavy atom. The monoisotopic (exact) mass is 243 g/mol. The summed E-state index contributed by atoms with van der Waals surface area (Å²) in [4.78, 5) is 0. The summed E-state index contributed by atoms with van der Waals surface area (Å²) in [5.74, 6) is -0.0700. The van der Waals surface area contributed by atoms with Gasteiger partial charge in [-0.3, -0.25) is 0 Å². The number of anilines is 1. The van der Waals surface area contributed by atoms with Crippen molar-refractivity contribution in [3.8, 4) is 0 Å². The van der Waals surface area contributed by atoms with Crippen molar-refractivity contribution < 1.29 is 9.13 Å². The molecule has 2 nitrogen and oxygen atoms in total. The summed E-state index contributed by atoms with van der Waals surface area (Å²) >= 11 is 0. The van der Waals surface area contributed by atoms with Crippen molar-refractivity contribution in [1.29, 1.82) is 0 Å². The first-order valence-electron chi connectivity index (χ1n) is 5.42. The number of hydrogen-bond acceptors (Lipinski definition) is 2. The lowest BCUT2D eigenvalue weighted by Crippen LogP contribution is -2.36. The number of ether oxygens (including phenoxy) is 1. The molecule has 0 aliphatic carbocycles. The van der Waals surface area contributed by atoms with Crippen LogP contribution in [0.1, 0.15) is 18.4 Å². The van der Waals surface area contributed by atoms with E-state index in [0.29, 0.717) is 0 Å². The van der Waals surface area contributed by atoms with E-state index in [4.69, 9.17) is 4.74 Å². The highest BCUT2D eigenvalue weighted by Crippen LogP contribution is 2.44. The molecule has 0 aromatic heterocycles. The van der Waals surface area contributed by atoms with Gasteiger partial charge in [0.25, 0.3) is 0 Å². The fourth-order valence-corrected chi connectivity index (χ4v) is 2.75. The van der Waals surface area contributed by atoms with Crippen molar-refractivity contribution in [3.63, 3.8) is 0 Å². The van der Waals surface area contributed by atoms with Crippen LogP contribution in [0.3, 0.4) is 0 Å². The highest BCUT2D eigenvalue weighted by molar-refractivity contribution is 5.85. The summed E-state index contributed by atoms with van der Waals surface area (Å²) in [5.41, 5.74) is 1.84. The summed E-state index contributed by atoms with van der Waals surface area (Å²) in [7, 11) is 0. The Morgan fingerprint density at radius 2 is 2.00 bits per heavy atom. The Balaban J connectivity index is 0.000000963. The molecule has 2 heterocycles. The smallest absolute Gasteiger partial charge is 0.129 e. The van der Waals surface area contributed by atoms with Gasteiger partial charge in [0.15, 0.2) is 0 Å². The SMILES string of the molecule is Cl.Fc1cccc2c1C1(CCOCC1)CN2. The number of fused-ring (bicyclic) bond motifs is 2. The maximum Gasteiger partial charge on any atom is 0.129 e. The molecule has 0 unspecified atom stereocenters. The zero-order valence-corrected chi connectivity index (χ0v) is 9.78. The van der Waals surface area contributed by atoms with Gasteiger partial charge in [0, 0.05) is 36.4 Å². The van der Waals surface area contributed by atoms with Crippen molar-refractivity contribution in [1.82, 2.24) is 0 Å². The number of hydrogen-bond donors (Lipinski definition) is 1. The predicted molar refractivity (Wildman–Crippen MR) is 63.9 cm³/mol. The summed E-state index contributed by atoms with van der Waals surface area (Å²) in [6.07, 6.45) is 1.85. The lowest BCUT2D eigenvalue weighted by Gasteiger charge is -2.33. The standard InChI is InChI=1S/C12H14FNO.ClH/c13-9-2-1-3-10-11(9)12(8-14-10)4-6-15-7-5-12;/h1-3,14H,4-8H2;1H. The van der Waals surface area contributed by atoms with Crippen molar-refractivity contribution >= 4 is 18.1 Å². The van der Waals surface area contributed by atoms with Gasteiger partial charge in [-0.05, 0) is 25.0 Å². The number of nitrogens with one attached hydrogen (secondary N) is 1. The average molecular weight is 244 g/mol. The molecule has 3 rings (SSSR count). The van der Waals surface area contributed by atoms with E-state index < -0.39 is 0 Å². The highest BCUT2D eigenvalue weighted by atomic mass is 35.5. The molecule has 2 aliphatic heterocycles. The van der Waals surface area contributed by atoms with Gasteiger partial charge in [0.1, 0.15) is 5.82 Å². The second kappa shape index (κ2) is 4.22. The van der Waals surface area contributed by atoms with Crippen molar-refractivity contribution in [2.75, 3.05) is 25.1 Å². The molecule has 1 fully saturated rings. The molecular formula is C12H15ClFNO. The van der Waals surface area contributed by atoms with Gasteiger partial charge in [0.2, 0.25) is 0 Å². The van der Waals surface area contributed by atoms with Crippen molar-refractivity contribution in [3.05, 3.63) is 29.6 Å². The van der Waals surface area contributed by atoms with E-state index in [-0.39, 0.29) is 23.6 Å². The molecule has 1 saturated heterocycles. The third-order valence-corrected chi connectivity index (χ3v) is 3.61. The van der Waals surface area contributed by atoms with E-state index in [9.17, 15) is 4.39 Å². The van der Waals surface area contributed by atoms with Crippen LogP contribution in [-0.2, 0) is 10.2 Å². The molecule has 0 radical (unpaired) electrons. The van der Waals surface area contributed by atoms with E-state index in [0.717, 1.165) is 43.9 Å². The molecule has 4 heteroatoms. The molecule has 1 N–H and O–H groups in total. The fourth-order valence-electron chi connectivity index (χ4n) is 2.75. The third-order valence-electron chi connectivity index (χ3n) is 3.61. The lowest BCUT2D eigenvalue weighted by molar-refractivity contribution is 0.0557. The maximum atomic E-state index is 13.8. The second-order valence-corrected chi connectivity index (χ2v) is 4.41. The van der Waals surface area contributed by atoms with Crippen LogP contribution in [0, 0.1) is 5.82 Å². The van der Waals surface area contributed by atoms with Crippen molar-refractivity contribution in [2.24, 2.45) is 0 Å². The van der Waals surface area contributed by atoms with Crippen LogP contribution in [0.2, 0.25) is 0 Å². The van der Waals surface area contributed by atoms with E-state index in [1.54, 1.807) is 12.1 Å². The predicted octanol–water partition coefficient (Wildman–Crippen LogP) is 2.72.